The van der Waals surface area contributed by atoms with Gasteiger partial charge in [0.1, 0.15) is 0 Å². The number of hydrogen-bond donors (Lipinski definition) is 2. The minimum absolute atomic E-state index is 0. The largest absolute Gasteiger partial charge is 0.368 e. The molecule has 2 heterocycles. The Bertz CT molecular complexity index is 688. The number of nitrogens with zero attached hydrogens (tertiary/aromatic N) is 4. The number of piperazine rings is 1. The van der Waals surface area contributed by atoms with Crippen LogP contribution in [0.1, 0.15) is 19.3 Å². The molecule has 4 rings (SSSR count). The number of likely N-dealkylation sites (tertiary alicyclic amines) is 1. The molecule has 2 N–H and O–H groups in total. The zero-order valence-electron chi connectivity index (χ0n) is 17.2. The molecule has 1 aliphatic carbocycles. The number of hydrogen-bond acceptors (Lipinski definition) is 4. The molecule has 2 aliphatic heterocycles. The zero-order valence-corrected chi connectivity index (χ0v) is 19.5. The molecule has 0 spiro atoms. The molecule has 1 amide bonds. The van der Waals surface area contributed by atoms with Gasteiger partial charge >= 0.3 is 0 Å². The topological polar surface area (TPSA) is 63.2 Å². The SMILES string of the molecule is CN=C(NCC(=O)N1CCN(c2ccccc2)CC1)NC1CCN(C2CC2)C1.I. The Balaban J connectivity index is 0.00000240. The van der Waals surface area contributed by atoms with E-state index in [9.17, 15) is 4.79 Å². The van der Waals surface area contributed by atoms with E-state index >= 15 is 0 Å². The maximum absolute atomic E-state index is 12.6. The van der Waals surface area contributed by atoms with E-state index in [2.05, 4.69) is 49.7 Å². The summed E-state index contributed by atoms with van der Waals surface area (Å²) in [5.74, 6) is 0.876. The highest BCUT2D eigenvalue weighted by Crippen LogP contribution is 2.29. The van der Waals surface area contributed by atoms with Gasteiger partial charge in [-0.15, -0.1) is 24.0 Å². The van der Waals surface area contributed by atoms with Gasteiger partial charge < -0.3 is 20.4 Å². The van der Waals surface area contributed by atoms with Crippen molar-refractivity contribution in [1.29, 1.82) is 0 Å². The number of carbonyl (C=O) groups excluding carboxylic acids is 1. The third-order valence-electron chi connectivity index (χ3n) is 6.01. The average Bonchev–Trinajstić information content (AvgIpc) is 3.50. The van der Waals surface area contributed by atoms with Crippen LogP contribution in [-0.2, 0) is 4.79 Å². The number of nitrogens with one attached hydrogen (secondary N) is 2. The number of rotatable bonds is 5. The van der Waals surface area contributed by atoms with Gasteiger partial charge in [0, 0.05) is 64.1 Å². The standard InChI is InChI=1S/C21H32N6O.HI/c1-22-21(24-17-9-10-27(16-17)19-7-8-19)23-15-20(28)26-13-11-25(12-14-26)18-5-3-2-4-6-18;/h2-6,17,19H,7-16H2,1H3,(H2,22,23,24);1H. The second kappa shape index (κ2) is 10.5. The van der Waals surface area contributed by atoms with Crippen LogP contribution in [0, 0.1) is 0 Å². The molecule has 3 aliphatic rings. The van der Waals surface area contributed by atoms with Crippen molar-refractivity contribution >= 4 is 41.5 Å². The zero-order chi connectivity index (χ0) is 19.3. The number of anilines is 1. The third-order valence-corrected chi connectivity index (χ3v) is 6.01. The summed E-state index contributed by atoms with van der Waals surface area (Å²) < 4.78 is 0. The van der Waals surface area contributed by atoms with Gasteiger partial charge in [-0.05, 0) is 31.4 Å². The smallest absolute Gasteiger partial charge is 0.242 e. The highest BCUT2D eigenvalue weighted by atomic mass is 127. The number of aliphatic imine (C=N–C) groups is 1. The second-order valence-electron chi connectivity index (χ2n) is 7.99. The predicted molar refractivity (Wildman–Crippen MR) is 128 cm³/mol. The first-order valence-electron chi connectivity index (χ1n) is 10.5. The van der Waals surface area contributed by atoms with E-state index in [0.29, 0.717) is 12.6 Å². The van der Waals surface area contributed by atoms with E-state index in [1.807, 2.05) is 11.0 Å². The van der Waals surface area contributed by atoms with E-state index in [1.165, 1.54) is 25.1 Å². The Hall–Kier alpha value is -1.55. The van der Waals surface area contributed by atoms with Crippen LogP contribution in [0.25, 0.3) is 0 Å². The molecule has 0 radical (unpaired) electrons. The predicted octanol–water partition coefficient (Wildman–Crippen LogP) is 1.35. The number of para-hydroxylation sites is 1. The Morgan fingerprint density at radius 2 is 1.79 bits per heavy atom. The molecule has 0 bridgehead atoms. The van der Waals surface area contributed by atoms with E-state index in [1.54, 1.807) is 7.05 Å². The number of benzene rings is 1. The van der Waals surface area contributed by atoms with Crippen LogP contribution >= 0.6 is 24.0 Å². The Morgan fingerprint density at radius 1 is 1.07 bits per heavy atom. The summed E-state index contributed by atoms with van der Waals surface area (Å²) in [6.07, 6.45) is 3.85. The summed E-state index contributed by atoms with van der Waals surface area (Å²) in [5, 5.41) is 6.69. The molecule has 1 unspecified atom stereocenters. The maximum Gasteiger partial charge on any atom is 0.242 e. The number of amides is 1. The quantitative estimate of drug-likeness (QED) is 0.355. The molecule has 7 nitrogen and oxygen atoms in total. The van der Waals surface area contributed by atoms with Crippen molar-refractivity contribution in [3.05, 3.63) is 30.3 Å². The highest BCUT2D eigenvalue weighted by Gasteiger charge is 2.34. The average molecular weight is 512 g/mol. The molecular weight excluding hydrogens is 479 g/mol. The van der Waals surface area contributed by atoms with Crippen LogP contribution in [-0.4, -0.2) is 86.6 Å². The van der Waals surface area contributed by atoms with E-state index in [0.717, 1.165) is 51.1 Å². The third kappa shape index (κ3) is 5.97. The van der Waals surface area contributed by atoms with Gasteiger partial charge in [0.25, 0.3) is 0 Å². The Kier molecular flexibility index (Phi) is 7.99. The summed E-state index contributed by atoms with van der Waals surface area (Å²) in [7, 11) is 1.77. The Morgan fingerprint density at radius 3 is 2.45 bits per heavy atom. The van der Waals surface area contributed by atoms with Crippen LogP contribution < -0.4 is 15.5 Å². The summed E-state index contributed by atoms with van der Waals surface area (Å²) >= 11 is 0. The van der Waals surface area contributed by atoms with Crippen molar-refractivity contribution in [3.8, 4) is 0 Å². The lowest BCUT2D eigenvalue weighted by Gasteiger charge is -2.36. The molecule has 3 fully saturated rings. The first-order chi connectivity index (χ1) is 13.7. The first-order valence-corrected chi connectivity index (χ1v) is 10.5. The van der Waals surface area contributed by atoms with Crippen molar-refractivity contribution in [2.24, 2.45) is 4.99 Å². The van der Waals surface area contributed by atoms with Crippen molar-refractivity contribution in [2.75, 3.05) is 57.8 Å². The first kappa shape index (κ1) is 22.1. The number of carbonyl (C=O) groups is 1. The lowest BCUT2D eigenvalue weighted by molar-refractivity contribution is -0.130. The molecule has 1 aromatic rings. The minimum Gasteiger partial charge on any atom is -0.368 e. The minimum atomic E-state index is 0. The maximum atomic E-state index is 12.6. The van der Waals surface area contributed by atoms with Gasteiger partial charge in [-0.1, -0.05) is 18.2 Å². The summed E-state index contributed by atoms with van der Waals surface area (Å²) in [4.78, 5) is 23.8. The highest BCUT2D eigenvalue weighted by molar-refractivity contribution is 14.0. The van der Waals surface area contributed by atoms with Gasteiger partial charge in [-0.25, -0.2) is 0 Å². The molecule has 160 valence electrons. The van der Waals surface area contributed by atoms with Crippen molar-refractivity contribution in [2.45, 2.75) is 31.3 Å². The van der Waals surface area contributed by atoms with Crippen LogP contribution in [0.15, 0.2) is 35.3 Å². The van der Waals surface area contributed by atoms with E-state index < -0.39 is 0 Å². The summed E-state index contributed by atoms with van der Waals surface area (Å²) in [6, 6.07) is 11.6. The fourth-order valence-electron chi connectivity index (χ4n) is 4.19. The monoisotopic (exact) mass is 512 g/mol. The van der Waals surface area contributed by atoms with E-state index in [-0.39, 0.29) is 29.9 Å². The van der Waals surface area contributed by atoms with Gasteiger partial charge in [-0.2, -0.15) is 0 Å². The second-order valence-corrected chi connectivity index (χ2v) is 7.99. The fraction of sp³-hybridized carbons (Fsp3) is 0.619. The lowest BCUT2D eigenvalue weighted by atomic mass is 10.2. The van der Waals surface area contributed by atoms with Crippen LogP contribution in [0.5, 0.6) is 0 Å². The molecule has 29 heavy (non-hydrogen) atoms. The fourth-order valence-corrected chi connectivity index (χ4v) is 4.19. The van der Waals surface area contributed by atoms with Crippen molar-refractivity contribution in [1.82, 2.24) is 20.4 Å². The number of guanidine groups is 1. The molecule has 1 saturated carbocycles. The van der Waals surface area contributed by atoms with Gasteiger partial charge in [0.05, 0.1) is 6.54 Å². The van der Waals surface area contributed by atoms with Gasteiger partial charge in [0.15, 0.2) is 5.96 Å². The lowest BCUT2D eigenvalue weighted by Crippen LogP contribution is -2.53. The normalized spacial score (nSPS) is 22.9. The van der Waals surface area contributed by atoms with Crippen molar-refractivity contribution in [3.63, 3.8) is 0 Å². The van der Waals surface area contributed by atoms with Gasteiger partial charge in [0.2, 0.25) is 5.91 Å². The van der Waals surface area contributed by atoms with Crippen LogP contribution in [0.3, 0.4) is 0 Å². The molecular formula is C21H33IN6O. The molecule has 1 atom stereocenters. The summed E-state index contributed by atoms with van der Waals surface area (Å²) in [5.41, 5.74) is 1.23. The van der Waals surface area contributed by atoms with E-state index in [4.69, 9.17) is 0 Å². The summed E-state index contributed by atoms with van der Waals surface area (Å²) in [6.45, 7) is 5.83. The molecule has 8 heteroatoms. The molecule has 2 saturated heterocycles. The van der Waals surface area contributed by atoms with Crippen LogP contribution in [0.4, 0.5) is 5.69 Å². The Labute approximate surface area is 190 Å². The number of halogens is 1. The van der Waals surface area contributed by atoms with Crippen LogP contribution in [0.2, 0.25) is 0 Å². The molecule has 1 aromatic carbocycles. The van der Waals surface area contributed by atoms with Crippen molar-refractivity contribution < 1.29 is 4.79 Å². The molecule has 0 aromatic heterocycles. The van der Waals surface area contributed by atoms with Gasteiger partial charge in [-0.3, -0.25) is 14.7 Å².